The number of fused-ring (bicyclic) bond motifs is 1. The molecule has 0 aliphatic heterocycles. The van der Waals surface area contributed by atoms with Crippen LogP contribution in [-0.2, 0) is 0 Å². The van der Waals surface area contributed by atoms with Crippen LogP contribution in [0.1, 0.15) is 5.56 Å². The van der Waals surface area contributed by atoms with Crippen LogP contribution in [0.15, 0.2) is 18.2 Å². The number of pyridine rings is 1. The summed E-state index contributed by atoms with van der Waals surface area (Å²) in [5.41, 5.74) is 0.0735. The van der Waals surface area contributed by atoms with Crippen LogP contribution in [0.5, 0.6) is 5.75 Å². The Morgan fingerprint density at radius 3 is 2.83 bits per heavy atom. The van der Waals surface area contributed by atoms with Crippen LogP contribution in [0.25, 0.3) is 10.9 Å². The van der Waals surface area contributed by atoms with Crippen molar-refractivity contribution in [3.63, 3.8) is 0 Å². The fourth-order valence-corrected chi connectivity index (χ4v) is 1.84. The number of nitro groups is 1. The molecule has 0 unspecified atom stereocenters. The molecule has 0 aliphatic rings. The van der Waals surface area contributed by atoms with Gasteiger partial charge in [-0.15, -0.1) is 0 Å². The second-order valence-corrected chi connectivity index (χ2v) is 3.75. The van der Waals surface area contributed by atoms with Gasteiger partial charge in [0.05, 0.1) is 12.1 Å². The molecule has 0 saturated carbocycles. The molecule has 2 aromatic rings. The maximum Gasteiger partial charge on any atom is 0.383 e. The van der Waals surface area contributed by atoms with Crippen molar-refractivity contribution in [3.8, 4) is 11.8 Å². The van der Waals surface area contributed by atoms with Crippen molar-refractivity contribution in [2.24, 2.45) is 0 Å². The fourth-order valence-electron chi connectivity index (χ4n) is 1.55. The van der Waals surface area contributed by atoms with Gasteiger partial charge in [-0.2, -0.15) is 5.26 Å². The number of halogens is 1. The van der Waals surface area contributed by atoms with E-state index in [9.17, 15) is 10.1 Å². The maximum atomic E-state index is 10.8. The molecule has 0 bridgehead atoms. The molecule has 0 aliphatic carbocycles. The van der Waals surface area contributed by atoms with Crippen molar-refractivity contribution in [3.05, 3.63) is 38.9 Å². The number of hydrogen-bond donors (Lipinski definition) is 0. The molecule has 0 fully saturated rings. The maximum absolute atomic E-state index is 10.8. The van der Waals surface area contributed by atoms with Gasteiger partial charge in [0.1, 0.15) is 11.8 Å². The minimum Gasteiger partial charge on any atom is -0.497 e. The number of benzene rings is 1. The SMILES string of the molecule is COc1ccc2c(Cl)c(C#N)c([N+](=O)[O-])nc2c1. The topological polar surface area (TPSA) is 89.0 Å². The van der Waals surface area contributed by atoms with E-state index in [0.717, 1.165) is 0 Å². The van der Waals surface area contributed by atoms with Crippen LogP contribution in [0.2, 0.25) is 5.02 Å². The zero-order valence-corrected chi connectivity index (χ0v) is 9.93. The smallest absolute Gasteiger partial charge is 0.383 e. The number of ether oxygens (including phenoxy) is 1. The summed E-state index contributed by atoms with van der Waals surface area (Å²) in [6.45, 7) is 0. The Balaban J connectivity index is 2.87. The molecule has 1 aromatic heterocycles. The second-order valence-electron chi connectivity index (χ2n) is 3.38. The lowest BCUT2D eigenvalue weighted by Crippen LogP contribution is -1.98. The molecule has 1 aromatic carbocycles. The van der Waals surface area contributed by atoms with E-state index in [1.807, 2.05) is 0 Å². The van der Waals surface area contributed by atoms with E-state index in [0.29, 0.717) is 16.7 Å². The van der Waals surface area contributed by atoms with Crippen molar-refractivity contribution < 1.29 is 9.66 Å². The lowest BCUT2D eigenvalue weighted by molar-refractivity contribution is -0.389. The summed E-state index contributed by atoms with van der Waals surface area (Å²) in [6, 6.07) is 6.47. The standard InChI is InChI=1S/C11H6ClN3O3/c1-18-6-2-3-7-9(4-6)14-11(15(16)17)8(5-13)10(7)12/h2-4H,1H3. The Morgan fingerprint density at radius 2 is 2.28 bits per heavy atom. The van der Waals surface area contributed by atoms with Gasteiger partial charge in [-0.3, -0.25) is 0 Å². The molecule has 2 rings (SSSR count). The molecule has 1 heterocycles. The zero-order chi connectivity index (χ0) is 13.3. The van der Waals surface area contributed by atoms with Gasteiger partial charge in [-0.05, 0) is 22.0 Å². The number of methoxy groups -OCH3 is 1. The van der Waals surface area contributed by atoms with E-state index >= 15 is 0 Å². The first kappa shape index (κ1) is 12.1. The summed E-state index contributed by atoms with van der Waals surface area (Å²) in [4.78, 5) is 13.9. The van der Waals surface area contributed by atoms with Gasteiger partial charge in [-0.25, -0.2) is 0 Å². The third-order valence-corrected chi connectivity index (χ3v) is 2.79. The highest BCUT2D eigenvalue weighted by molar-refractivity contribution is 6.36. The molecule has 90 valence electrons. The van der Waals surface area contributed by atoms with Crippen LogP contribution in [-0.4, -0.2) is 17.0 Å². The quantitative estimate of drug-likeness (QED) is 0.614. The molecule has 18 heavy (non-hydrogen) atoms. The van der Waals surface area contributed by atoms with Gasteiger partial charge in [0.15, 0.2) is 11.1 Å². The summed E-state index contributed by atoms with van der Waals surface area (Å²) < 4.78 is 5.00. The van der Waals surface area contributed by atoms with Crippen molar-refractivity contribution in [1.82, 2.24) is 4.98 Å². The van der Waals surface area contributed by atoms with Crippen LogP contribution in [0.4, 0.5) is 5.82 Å². The van der Waals surface area contributed by atoms with E-state index in [4.69, 9.17) is 21.6 Å². The minimum absolute atomic E-state index is 0.0249. The van der Waals surface area contributed by atoms with Gasteiger partial charge in [0.2, 0.25) is 0 Å². The van der Waals surface area contributed by atoms with Gasteiger partial charge in [0, 0.05) is 11.5 Å². The van der Waals surface area contributed by atoms with Gasteiger partial charge >= 0.3 is 5.82 Å². The largest absolute Gasteiger partial charge is 0.497 e. The molecule has 6 nitrogen and oxygen atoms in total. The highest BCUT2D eigenvalue weighted by Gasteiger charge is 2.23. The average Bonchev–Trinajstić information content (AvgIpc) is 2.37. The number of nitrogens with zero attached hydrogens (tertiary/aromatic N) is 3. The summed E-state index contributed by atoms with van der Waals surface area (Å²) in [5.74, 6) is -0.0478. The van der Waals surface area contributed by atoms with E-state index in [1.54, 1.807) is 18.2 Å². The number of rotatable bonds is 2. The van der Waals surface area contributed by atoms with Crippen LogP contribution < -0.4 is 4.74 Å². The highest BCUT2D eigenvalue weighted by Crippen LogP contribution is 2.32. The Kier molecular flexibility index (Phi) is 3.00. The first-order valence-corrected chi connectivity index (χ1v) is 5.18. The molecule has 0 amide bonds. The third kappa shape index (κ3) is 1.81. The highest BCUT2D eigenvalue weighted by atomic mass is 35.5. The van der Waals surface area contributed by atoms with Gasteiger partial charge in [0.25, 0.3) is 0 Å². The summed E-state index contributed by atoms with van der Waals surface area (Å²) >= 11 is 5.98. The monoisotopic (exact) mass is 263 g/mol. The number of aromatic nitrogens is 1. The van der Waals surface area contributed by atoms with Crippen LogP contribution >= 0.6 is 11.6 Å². The number of nitriles is 1. The summed E-state index contributed by atoms with van der Waals surface area (Å²) in [6.07, 6.45) is 0. The number of hydrogen-bond acceptors (Lipinski definition) is 5. The Morgan fingerprint density at radius 1 is 1.56 bits per heavy atom. The molecule has 0 radical (unpaired) electrons. The normalized spacial score (nSPS) is 10.1. The Bertz CT molecular complexity index is 694. The van der Waals surface area contributed by atoms with Gasteiger partial charge < -0.3 is 14.9 Å². The first-order valence-electron chi connectivity index (χ1n) is 4.80. The third-order valence-electron chi connectivity index (χ3n) is 2.40. The lowest BCUT2D eigenvalue weighted by atomic mass is 10.1. The Hall–Kier alpha value is -2.39. The minimum atomic E-state index is -0.733. The van der Waals surface area contributed by atoms with E-state index in [1.165, 1.54) is 13.2 Å². The fraction of sp³-hybridized carbons (Fsp3) is 0.0909. The molecular weight excluding hydrogens is 258 g/mol. The summed E-state index contributed by atoms with van der Waals surface area (Å²) in [5, 5.41) is 20.2. The molecule has 7 heteroatoms. The molecule has 0 N–H and O–H groups in total. The predicted molar refractivity (Wildman–Crippen MR) is 64.7 cm³/mol. The van der Waals surface area contributed by atoms with Crippen molar-refractivity contribution in [2.45, 2.75) is 0 Å². The van der Waals surface area contributed by atoms with Crippen molar-refractivity contribution in [1.29, 1.82) is 5.26 Å². The van der Waals surface area contributed by atoms with Crippen LogP contribution in [0, 0.1) is 21.4 Å². The van der Waals surface area contributed by atoms with Crippen LogP contribution in [0.3, 0.4) is 0 Å². The molecule has 0 spiro atoms. The molecular formula is C11H6ClN3O3. The van der Waals surface area contributed by atoms with Crippen molar-refractivity contribution in [2.75, 3.05) is 7.11 Å². The predicted octanol–water partition coefficient (Wildman–Crippen LogP) is 2.68. The molecule has 0 atom stereocenters. The van der Waals surface area contributed by atoms with Gasteiger partial charge in [-0.1, -0.05) is 11.6 Å². The zero-order valence-electron chi connectivity index (χ0n) is 9.18. The average molecular weight is 264 g/mol. The lowest BCUT2D eigenvalue weighted by Gasteiger charge is -2.03. The second kappa shape index (κ2) is 4.47. The summed E-state index contributed by atoms with van der Waals surface area (Å²) in [7, 11) is 1.47. The van der Waals surface area contributed by atoms with E-state index in [2.05, 4.69) is 4.98 Å². The molecule has 0 saturated heterocycles. The van der Waals surface area contributed by atoms with Crippen molar-refractivity contribution >= 4 is 28.3 Å². The van der Waals surface area contributed by atoms with E-state index in [-0.39, 0.29) is 10.6 Å². The Labute approximate surface area is 107 Å². The first-order chi connectivity index (χ1) is 8.58. The van der Waals surface area contributed by atoms with E-state index < -0.39 is 10.7 Å².